The normalized spacial score (nSPS) is 26.2. The summed E-state index contributed by atoms with van der Waals surface area (Å²) in [5.41, 5.74) is 2.63. The Kier molecular flexibility index (Phi) is 4.95. The largest absolute Gasteiger partial charge is 0.364 e. The van der Waals surface area contributed by atoms with Crippen molar-refractivity contribution in [2.75, 3.05) is 38.1 Å². The summed E-state index contributed by atoms with van der Waals surface area (Å²) < 4.78 is 0. The van der Waals surface area contributed by atoms with Crippen LogP contribution in [-0.2, 0) is 6.54 Å². The SMILES string of the molecule is CN=C(NCc1cccc(N2CC=CC2)c1)N1CC2CCCCC2C1. The summed E-state index contributed by atoms with van der Waals surface area (Å²) in [5, 5.41) is 3.60. The van der Waals surface area contributed by atoms with Crippen LogP contribution in [0.3, 0.4) is 0 Å². The van der Waals surface area contributed by atoms with E-state index in [1.54, 1.807) is 0 Å². The van der Waals surface area contributed by atoms with Crippen molar-refractivity contribution in [2.45, 2.75) is 32.2 Å². The number of aliphatic imine (C=N–C) groups is 1. The van der Waals surface area contributed by atoms with Gasteiger partial charge in [-0.15, -0.1) is 0 Å². The van der Waals surface area contributed by atoms with Gasteiger partial charge in [-0.3, -0.25) is 4.99 Å². The molecule has 1 saturated carbocycles. The molecule has 2 heterocycles. The van der Waals surface area contributed by atoms with Crippen molar-refractivity contribution in [3.8, 4) is 0 Å². The maximum Gasteiger partial charge on any atom is 0.193 e. The number of hydrogen-bond donors (Lipinski definition) is 1. The lowest BCUT2D eigenvalue weighted by atomic mass is 9.82. The Morgan fingerprint density at radius 1 is 1.12 bits per heavy atom. The summed E-state index contributed by atoms with van der Waals surface area (Å²) in [7, 11) is 1.91. The molecular formula is C21H30N4. The van der Waals surface area contributed by atoms with Crippen molar-refractivity contribution < 1.29 is 0 Å². The van der Waals surface area contributed by atoms with Crippen LogP contribution < -0.4 is 10.2 Å². The lowest BCUT2D eigenvalue weighted by Crippen LogP contribution is -2.39. The first-order valence-electron chi connectivity index (χ1n) is 9.78. The number of rotatable bonds is 3. The summed E-state index contributed by atoms with van der Waals surface area (Å²) in [5.74, 6) is 2.85. The molecule has 0 aromatic heterocycles. The minimum Gasteiger partial charge on any atom is -0.364 e. The smallest absolute Gasteiger partial charge is 0.193 e. The number of guanidine groups is 1. The molecule has 2 aliphatic heterocycles. The average molecular weight is 338 g/mol. The Labute approximate surface area is 151 Å². The topological polar surface area (TPSA) is 30.9 Å². The van der Waals surface area contributed by atoms with Crippen molar-refractivity contribution >= 4 is 11.6 Å². The Hall–Kier alpha value is -1.97. The number of hydrogen-bond acceptors (Lipinski definition) is 2. The molecule has 2 fully saturated rings. The Balaban J connectivity index is 1.36. The number of benzene rings is 1. The highest BCUT2D eigenvalue weighted by Crippen LogP contribution is 2.35. The first-order chi connectivity index (χ1) is 12.3. The lowest BCUT2D eigenvalue weighted by molar-refractivity contribution is 0.299. The molecule has 25 heavy (non-hydrogen) atoms. The van der Waals surface area contributed by atoms with Gasteiger partial charge in [0.05, 0.1) is 0 Å². The zero-order valence-corrected chi connectivity index (χ0v) is 15.3. The monoisotopic (exact) mass is 338 g/mol. The maximum atomic E-state index is 4.55. The van der Waals surface area contributed by atoms with Crippen LogP contribution in [0.25, 0.3) is 0 Å². The van der Waals surface area contributed by atoms with E-state index >= 15 is 0 Å². The first-order valence-corrected chi connectivity index (χ1v) is 9.78. The van der Waals surface area contributed by atoms with E-state index in [-0.39, 0.29) is 0 Å². The van der Waals surface area contributed by atoms with Gasteiger partial charge in [0.25, 0.3) is 0 Å². The van der Waals surface area contributed by atoms with Crippen LogP contribution in [0, 0.1) is 11.8 Å². The van der Waals surface area contributed by atoms with Crippen LogP contribution in [0.5, 0.6) is 0 Å². The van der Waals surface area contributed by atoms with Gasteiger partial charge in [0.15, 0.2) is 5.96 Å². The fraction of sp³-hybridized carbons (Fsp3) is 0.571. The molecule has 0 spiro atoms. The molecule has 1 aromatic rings. The molecular weight excluding hydrogens is 308 g/mol. The molecule has 4 heteroatoms. The van der Waals surface area contributed by atoms with Gasteiger partial charge in [-0.05, 0) is 42.4 Å². The van der Waals surface area contributed by atoms with Crippen LogP contribution >= 0.6 is 0 Å². The van der Waals surface area contributed by atoms with E-state index in [2.05, 4.69) is 56.5 Å². The summed E-state index contributed by atoms with van der Waals surface area (Å²) in [6.45, 7) is 5.26. The van der Waals surface area contributed by atoms with Gasteiger partial charge in [0.2, 0.25) is 0 Å². The van der Waals surface area contributed by atoms with Gasteiger partial charge in [0.1, 0.15) is 0 Å². The number of anilines is 1. The minimum atomic E-state index is 0.841. The highest BCUT2D eigenvalue weighted by molar-refractivity contribution is 5.80. The van der Waals surface area contributed by atoms with Crippen LogP contribution in [0.15, 0.2) is 41.4 Å². The van der Waals surface area contributed by atoms with E-state index in [0.717, 1.165) is 37.4 Å². The standard InChI is InChI=1S/C21H30N4/c1-22-21(25-15-18-8-2-3-9-19(18)16-25)23-14-17-7-6-10-20(13-17)24-11-4-5-12-24/h4-7,10,13,18-19H,2-3,8-9,11-12,14-16H2,1H3,(H,22,23). The average Bonchev–Trinajstić information content (AvgIpc) is 3.32. The molecule has 1 N–H and O–H groups in total. The van der Waals surface area contributed by atoms with Gasteiger partial charge in [0, 0.05) is 45.5 Å². The van der Waals surface area contributed by atoms with E-state index in [1.165, 1.54) is 50.0 Å². The molecule has 0 bridgehead atoms. The fourth-order valence-corrected chi connectivity index (χ4v) is 4.64. The summed E-state index contributed by atoms with van der Waals surface area (Å²) >= 11 is 0. The predicted molar refractivity (Wildman–Crippen MR) is 105 cm³/mol. The van der Waals surface area contributed by atoms with Gasteiger partial charge in [-0.2, -0.15) is 0 Å². The lowest BCUT2D eigenvalue weighted by Gasteiger charge is -2.22. The molecule has 1 aliphatic carbocycles. The summed E-state index contributed by atoms with van der Waals surface area (Å²) in [6, 6.07) is 8.88. The second kappa shape index (κ2) is 7.51. The van der Waals surface area contributed by atoms with E-state index in [4.69, 9.17) is 0 Å². The maximum absolute atomic E-state index is 4.55. The Morgan fingerprint density at radius 2 is 1.84 bits per heavy atom. The molecule has 4 nitrogen and oxygen atoms in total. The van der Waals surface area contributed by atoms with E-state index in [9.17, 15) is 0 Å². The highest BCUT2D eigenvalue weighted by Gasteiger charge is 2.35. The van der Waals surface area contributed by atoms with Crippen LogP contribution in [-0.4, -0.2) is 44.1 Å². The van der Waals surface area contributed by atoms with Gasteiger partial charge >= 0.3 is 0 Å². The highest BCUT2D eigenvalue weighted by atomic mass is 15.3. The molecule has 3 aliphatic rings. The van der Waals surface area contributed by atoms with Crippen molar-refractivity contribution in [3.05, 3.63) is 42.0 Å². The first kappa shape index (κ1) is 16.5. The van der Waals surface area contributed by atoms with E-state index < -0.39 is 0 Å². The zero-order chi connectivity index (χ0) is 17.1. The molecule has 2 atom stereocenters. The molecule has 134 valence electrons. The van der Waals surface area contributed by atoms with E-state index in [1.807, 2.05) is 7.05 Å². The molecule has 0 radical (unpaired) electrons. The molecule has 1 aromatic carbocycles. The number of nitrogens with zero attached hydrogens (tertiary/aromatic N) is 3. The zero-order valence-electron chi connectivity index (χ0n) is 15.3. The number of likely N-dealkylation sites (tertiary alicyclic amines) is 1. The van der Waals surface area contributed by atoms with Crippen molar-refractivity contribution in [1.29, 1.82) is 0 Å². The molecule has 1 saturated heterocycles. The van der Waals surface area contributed by atoms with Crippen molar-refractivity contribution in [1.82, 2.24) is 10.2 Å². The third-order valence-corrected chi connectivity index (χ3v) is 6.03. The van der Waals surface area contributed by atoms with Crippen LogP contribution in [0.2, 0.25) is 0 Å². The predicted octanol–water partition coefficient (Wildman–Crippen LogP) is 3.26. The third kappa shape index (κ3) is 3.68. The number of nitrogens with one attached hydrogen (secondary N) is 1. The molecule has 2 unspecified atom stereocenters. The fourth-order valence-electron chi connectivity index (χ4n) is 4.64. The van der Waals surface area contributed by atoms with Crippen LogP contribution in [0.1, 0.15) is 31.2 Å². The van der Waals surface area contributed by atoms with Gasteiger partial charge in [-0.1, -0.05) is 37.1 Å². The molecule has 0 amide bonds. The Bertz CT molecular complexity index is 629. The van der Waals surface area contributed by atoms with Crippen molar-refractivity contribution in [3.63, 3.8) is 0 Å². The summed E-state index contributed by atoms with van der Waals surface area (Å²) in [6.07, 6.45) is 10.1. The second-order valence-corrected chi connectivity index (χ2v) is 7.66. The quantitative estimate of drug-likeness (QED) is 0.521. The van der Waals surface area contributed by atoms with Gasteiger partial charge in [-0.25, -0.2) is 0 Å². The Morgan fingerprint density at radius 3 is 2.52 bits per heavy atom. The van der Waals surface area contributed by atoms with Crippen LogP contribution in [0.4, 0.5) is 5.69 Å². The van der Waals surface area contributed by atoms with Gasteiger partial charge < -0.3 is 15.1 Å². The summed E-state index contributed by atoms with van der Waals surface area (Å²) in [4.78, 5) is 9.43. The number of fused-ring (bicyclic) bond motifs is 1. The van der Waals surface area contributed by atoms with Crippen molar-refractivity contribution in [2.24, 2.45) is 16.8 Å². The second-order valence-electron chi connectivity index (χ2n) is 7.66. The minimum absolute atomic E-state index is 0.841. The van der Waals surface area contributed by atoms with E-state index in [0.29, 0.717) is 0 Å². The third-order valence-electron chi connectivity index (χ3n) is 6.03. The molecule has 4 rings (SSSR count).